The molecular formula is C17H23NO4S. The molecule has 1 fully saturated rings. The number of benzene rings is 1. The van der Waals surface area contributed by atoms with E-state index in [4.69, 9.17) is 9.84 Å². The Kier molecular flexibility index (Phi) is 6.92. The first-order valence-electron chi connectivity index (χ1n) is 7.83. The molecule has 1 atom stereocenters. The molecule has 1 heterocycles. The number of carbonyl (C=O) groups excluding carboxylic acids is 1. The zero-order valence-electron chi connectivity index (χ0n) is 13.3. The van der Waals surface area contributed by atoms with Gasteiger partial charge in [-0.25, -0.2) is 0 Å². The number of ether oxygens (including phenoxy) is 1. The van der Waals surface area contributed by atoms with Crippen molar-refractivity contribution < 1.29 is 19.4 Å². The van der Waals surface area contributed by atoms with Gasteiger partial charge in [0.25, 0.3) is 0 Å². The summed E-state index contributed by atoms with van der Waals surface area (Å²) >= 11 is 1.34. The second-order valence-corrected chi connectivity index (χ2v) is 6.80. The molecule has 2 rings (SSSR count). The van der Waals surface area contributed by atoms with E-state index >= 15 is 0 Å². The molecule has 23 heavy (non-hydrogen) atoms. The molecule has 1 aliphatic rings. The van der Waals surface area contributed by atoms with Crippen molar-refractivity contribution in [1.29, 1.82) is 0 Å². The molecule has 1 aromatic rings. The fourth-order valence-electron chi connectivity index (χ4n) is 2.68. The smallest absolute Gasteiger partial charge is 0.313 e. The SMILES string of the molecule is CC(C(=O)Nc1cccc(CSCC(=O)O)c1)C1CCOCC1. The zero-order chi connectivity index (χ0) is 16.7. The first-order valence-corrected chi connectivity index (χ1v) is 8.99. The number of carboxylic acids is 1. The molecule has 0 spiro atoms. The second-order valence-electron chi connectivity index (χ2n) is 5.81. The monoisotopic (exact) mass is 337 g/mol. The van der Waals surface area contributed by atoms with Crippen LogP contribution in [0.4, 0.5) is 5.69 Å². The molecule has 0 bridgehead atoms. The van der Waals surface area contributed by atoms with Gasteiger partial charge in [-0.1, -0.05) is 19.1 Å². The molecule has 6 heteroatoms. The molecule has 1 aromatic carbocycles. The molecule has 5 nitrogen and oxygen atoms in total. The number of carbonyl (C=O) groups is 2. The first-order chi connectivity index (χ1) is 11.1. The van der Waals surface area contributed by atoms with Gasteiger partial charge in [-0.15, -0.1) is 11.8 Å². The highest BCUT2D eigenvalue weighted by molar-refractivity contribution is 7.99. The summed E-state index contributed by atoms with van der Waals surface area (Å²) in [6, 6.07) is 7.58. The number of aliphatic carboxylic acids is 1. The topological polar surface area (TPSA) is 75.6 Å². The van der Waals surface area contributed by atoms with Crippen LogP contribution in [0.3, 0.4) is 0 Å². The third-order valence-electron chi connectivity index (χ3n) is 4.08. The summed E-state index contributed by atoms with van der Waals surface area (Å²) in [6.07, 6.45) is 1.86. The average molecular weight is 337 g/mol. The number of nitrogens with one attached hydrogen (secondary N) is 1. The minimum Gasteiger partial charge on any atom is -0.481 e. The molecule has 0 radical (unpaired) electrons. The lowest BCUT2D eigenvalue weighted by Crippen LogP contribution is -2.30. The predicted molar refractivity (Wildman–Crippen MR) is 91.6 cm³/mol. The molecule has 1 unspecified atom stereocenters. The van der Waals surface area contributed by atoms with Gasteiger partial charge in [0, 0.05) is 30.6 Å². The summed E-state index contributed by atoms with van der Waals surface area (Å²) in [5.74, 6) is 0.252. The van der Waals surface area contributed by atoms with Crippen molar-refractivity contribution in [3.63, 3.8) is 0 Å². The normalized spacial score (nSPS) is 16.7. The second kappa shape index (κ2) is 8.93. The third kappa shape index (κ3) is 5.88. The maximum Gasteiger partial charge on any atom is 0.313 e. The van der Waals surface area contributed by atoms with Crippen molar-refractivity contribution in [2.45, 2.75) is 25.5 Å². The molecule has 1 saturated heterocycles. The van der Waals surface area contributed by atoms with Crippen molar-refractivity contribution in [1.82, 2.24) is 0 Å². The van der Waals surface area contributed by atoms with Crippen molar-refractivity contribution in [2.75, 3.05) is 24.3 Å². The Hall–Kier alpha value is -1.53. The predicted octanol–water partition coefficient (Wildman–Crippen LogP) is 3.01. The van der Waals surface area contributed by atoms with Gasteiger partial charge in [0.05, 0.1) is 5.75 Å². The van der Waals surface area contributed by atoms with Crippen molar-refractivity contribution in [3.8, 4) is 0 Å². The standard InChI is InChI=1S/C17H23NO4S/c1-12(14-5-7-22-8-6-14)17(21)18-15-4-2-3-13(9-15)10-23-11-16(19)20/h2-4,9,12,14H,5-8,10-11H2,1H3,(H,18,21)(H,19,20). The van der Waals surface area contributed by atoms with E-state index in [0.717, 1.165) is 37.3 Å². The molecular weight excluding hydrogens is 314 g/mol. The molecule has 2 N–H and O–H groups in total. The minimum atomic E-state index is -0.815. The van der Waals surface area contributed by atoms with Crippen LogP contribution in [0, 0.1) is 11.8 Å². The Morgan fingerprint density at radius 1 is 1.39 bits per heavy atom. The summed E-state index contributed by atoms with van der Waals surface area (Å²) in [7, 11) is 0. The van der Waals surface area contributed by atoms with Crippen LogP contribution in [0.5, 0.6) is 0 Å². The van der Waals surface area contributed by atoms with Crippen LogP contribution in [0.2, 0.25) is 0 Å². The summed E-state index contributed by atoms with van der Waals surface area (Å²) in [6.45, 7) is 3.44. The molecule has 1 amide bonds. The minimum absolute atomic E-state index is 0.0345. The van der Waals surface area contributed by atoms with Crippen LogP contribution >= 0.6 is 11.8 Å². The molecule has 0 aromatic heterocycles. The summed E-state index contributed by atoms with van der Waals surface area (Å²) in [4.78, 5) is 22.9. The van der Waals surface area contributed by atoms with Gasteiger partial charge in [-0.05, 0) is 36.5 Å². The zero-order valence-corrected chi connectivity index (χ0v) is 14.1. The largest absolute Gasteiger partial charge is 0.481 e. The van der Waals surface area contributed by atoms with E-state index in [2.05, 4.69) is 5.32 Å². The van der Waals surface area contributed by atoms with Crippen LogP contribution in [0.25, 0.3) is 0 Å². The summed E-state index contributed by atoms with van der Waals surface area (Å²) < 4.78 is 5.34. The third-order valence-corrected chi connectivity index (χ3v) is 5.06. The van der Waals surface area contributed by atoms with Gasteiger partial charge in [0.15, 0.2) is 0 Å². The quantitative estimate of drug-likeness (QED) is 0.800. The fraction of sp³-hybridized carbons (Fsp3) is 0.529. The lowest BCUT2D eigenvalue weighted by molar-refractivity contribution is -0.134. The highest BCUT2D eigenvalue weighted by atomic mass is 32.2. The molecule has 1 aliphatic heterocycles. The maximum atomic E-state index is 12.4. The van der Waals surface area contributed by atoms with E-state index in [-0.39, 0.29) is 17.6 Å². The first kappa shape index (κ1) is 17.8. The van der Waals surface area contributed by atoms with Gasteiger partial charge in [-0.2, -0.15) is 0 Å². The van der Waals surface area contributed by atoms with E-state index in [9.17, 15) is 9.59 Å². The van der Waals surface area contributed by atoms with E-state index in [0.29, 0.717) is 11.7 Å². The number of hydrogen-bond donors (Lipinski definition) is 2. The van der Waals surface area contributed by atoms with Crippen LogP contribution in [0.1, 0.15) is 25.3 Å². The highest BCUT2D eigenvalue weighted by Crippen LogP contribution is 2.25. The number of hydrogen-bond acceptors (Lipinski definition) is 4. The Balaban J connectivity index is 1.88. The lowest BCUT2D eigenvalue weighted by atomic mass is 9.87. The number of thioether (sulfide) groups is 1. The number of anilines is 1. The van der Waals surface area contributed by atoms with Crippen molar-refractivity contribution in [2.24, 2.45) is 11.8 Å². The Bertz CT molecular complexity index is 543. The average Bonchev–Trinajstić information content (AvgIpc) is 2.55. The number of amides is 1. The van der Waals surface area contributed by atoms with Gasteiger partial charge < -0.3 is 15.2 Å². The molecule has 0 saturated carbocycles. The Labute approximate surface area is 140 Å². The summed E-state index contributed by atoms with van der Waals surface area (Å²) in [5, 5.41) is 11.6. The summed E-state index contributed by atoms with van der Waals surface area (Å²) in [5.41, 5.74) is 1.77. The number of carboxylic acid groups (broad SMARTS) is 1. The van der Waals surface area contributed by atoms with E-state index < -0.39 is 5.97 Å². The maximum absolute atomic E-state index is 12.4. The van der Waals surface area contributed by atoms with Gasteiger partial charge in [-0.3, -0.25) is 9.59 Å². The van der Waals surface area contributed by atoms with E-state index in [1.165, 1.54) is 11.8 Å². The van der Waals surface area contributed by atoms with Gasteiger partial charge >= 0.3 is 5.97 Å². The number of rotatable bonds is 7. The Morgan fingerprint density at radius 2 is 2.13 bits per heavy atom. The Morgan fingerprint density at radius 3 is 2.83 bits per heavy atom. The van der Waals surface area contributed by atoms with Gasteiger partial charge in [0.2, 0.25) is 5.91 Å². The van der Waals surface area contributed by atoms with Crippen LogP contribution in [-0.4, -0.2) is 35.9 Å². The lowest BCUT2D eigenvalue weighted by Gasteiger charge is -2.27. The van der Waals surface area contributed by atoms with Gasteiger partial charge in [0.1, 0.15) is 0 Å². The molecule has 0 aliphatic carbocycles. The van der Waals surface area contributed by atoms with E-state index in [1.54, 1.807) is 0 Å². The van der Waals surface area contributed by atoms with Crippen LogP contribution in [0.15, 0.2) is 24.3 Å². The fourth-order valence-corrected chi connectivity index (χ4v) is 3.37. The van der Waals surface area contributed by atoms with Crippen LogP contribution in [-0.2, 0) is 20.1 Å². The van der Waals surface area contributed by atoms with Crippen molar-refractivity contribution in [3.05, 3.63) is 29.8 Å². The molecule has 126 valence electrons. The van der Waals surface area contributed by atoms with Crippen LogP contribution < -0.4 is 5.32 Å². The highest BCUT2D eigenvalue weighted by Gasteiger charge is 2.25. The van der Waals surface area contributed by atoms with E-state index in [1.807, 2.05) is 31.2 Å². The van der Waals surface area contributed by atoms with Crippen molar-refractivity contribution >= 4 is 29.3 Å².